The number of nitrogen functional groups attached to an aromatic ring is 1. The van der Waals surface area contributed by atoms with Gasteiger partial charge in [0.2, 0.25) is 11.9 Å². The maximum atomic E-state index is 15.4. The molecule has 3 N–H and O–H groups in total. The second kappa shape index (κ2) is 12.4. The van der Waals surface area contributed by atoms with E-state index in [1.165, 1.54) is 10.6 Å². The first-order valence-electron chi connectivity index (χ1n) is 14.9. The van der Waals surface area contributed by atoms with Gasteiger partial charge in [-0.2, -0.15) is 20.1 Å². The van der Waals surface area contributed by atoms with Crippen LogP contribution in [0.2, 0.25) is 0 Å². The molecule has 7 rings (SSSR count). The fraction of sp³-hybridized carbons (Fsp3) is 0.176. The van der Waals surface area contributed by atoms with Crippen molar-refractivity contribution < 1.29 is 18.7 Å². The number of nitrogens with one attached hydrogen (secondary N) is 1. The van der Waals surface area contributed by atoms with Crippen molar-refractivity contribution in [1.82, 2.24) is 29.3 Å². The molecule has 47 heavy (non-hydrogen) atoms. The van der Waals surface area contributed by atoms with Gasteiger partial charge >= 0.3 is 5.97 Å². The number of nitrogens with two attached hydrogens (primary N) is 1. The molecular formula is C34H29FN8O4. The summed E-state index contributed by atoms with van der Waals surface area (Å²) < 4.78 is 29.6. The van der Waals surface area contributed by atoms with Crippen LogP contribution in [0.15, 0.2) is 90.1 Å². The van der Waals surface area contributed by atoms with Crippen LogP contribution in [0.1, 0.15) is 29.9 Å². The average Bonchev–Trinajstić information content (AvgIpc) is 3.84. The molecule has 1 fully saturated rings. The summed E-state index contributed by atoms with van der Waals surface area (Å²) in [5.41, 5.74) is 8.19. The number of ether oxygens (including phenoxy) is 2. The molecule has 1 aliphatic rings. The minimum Gasteiger partial charge on any atom is -0.482 e. The van der Waals surface area contributed by atoms with E-state index in [0.29, 0.717) is 39.6 Å². The third kappa shape index (κ3) is 6.36. The molecule has 0 spiro atoms. The number of para-hydroxylation sites is 1. The predicted molar refractivity (Wildman–Crippen MR) is 173 cm³/mol. The lowest BCUT2D eigenvalue weighted by atomic mass is 10.0. The maximum absolute atomic E-state index is 15.4. The summed E-state index contributed by atoms with van der Waals surface area (Å²) in [6.07, 6.45) is 6.94. The number of hydrogen-bond donors (Lipinski definition) is 2. The molecule has 3 aromatic carbocycles. The highest BCUT2D eigenvalue weighted by Gasteiger charge is 2.26. The summed E-state index contributed by atoms with van der Waals surface area (Å²) in [6, 6.07) is 19.0. The van der Waals surface area contributed by atoms with Crippen molar-refractivity contribution in [3.8, 4) is 22.8 Å². The largest absolute Gasteiger partial charge is 0.482 e. The number of carbonyl (C=O) groups is 1. The van der Waals surface area contributed by atoms with E-state index < -0.39 is 17.3 Å². The molecule has 0 aliphatic heterocycles. The smallest absolute Gasteiger partial charge is 0.344 e. The van der Waals surface area contributed by atoms with Gasteiger partial charge in [0.1, 0.15) is 18.2 Å². The van der Waals surface area contributed by atoms with Gasteiger partial charge in [-0.1, -0.05) is 36.4 Å². The molecule has 12 nitrogen and oxygen atoms in total. The van der Waals surface area contributed by atoms with Gasteiger partial charge in [-0.05, 0) is 60.0 Å². The van der Waals surface area contributed by atoms with Gasteiger partial charge in [-0.15, -0.1) is 0 Å². The molecule has 0 unspecified atom stereocenters. The first kappa shape index (κ1) is 29.6. The number of nitrogens with zero attached hydrogens (tertiary/aromatic N) is 6. The molecule has 0 amide bonds. The Morgan fingerprint density at radius 2 is 1.89 bits per heavy atom. The van der Waals surface area contributed by atoms with Crippen molar-refractivity contribution in [3.05, 3.63) is 113 Å². The van der Waals surface area contributed by atoms with E-state index in [2.05, 4.69) is 25.4 Å². The van der Waals surface area contributed by atoms with Gasteiger partial charge in [0, 0.05) is 30.6 Å². The highest BCUT2D eigenvalue weighted by atomic mass is 19.1. The lowest BCUT2D eigenvalue weighted by molar-refractivity contribution is -0.147. The summed E-state index contributed by atoms with van der Waals surface area (Å²) >= 11 is 0. The summed E-state index contributed by atoms with van der Waals surface area (Å²) in [5, 5.41) is 7.68. The number of halogens is 1. The summed E-state index contributed by atoms with van der Waals surface area (Å²) in [7, 11) is 1.77. The second-order valence-corrected chi connectivity index (χ2v) is 11.2. The Balaban J connectivity index is 1.29. The first-order valence-corrected chi connectivity index (χ1v) is 14.9. The SMILES string of the molecule is Cn1cc(Nc2nc(N)nc(-c3cccc(-n4ccc5cc(C6CC6)cc(F)c5c4=O)c3COC(=O)COc3ccccc3)n2)cn1. The van der Waals surface area contributed by atoms with Crippen LogP contribution in [0.4, 0.5) is 22.0 Å². The monoisotopic (exact) mass is 632 g/mol. The predicted octanol–water partition coefficient (Wildman–Crippen LogP) is 5.04. The molecular weight excluding hydrogens is 603 g/mol. The highest BCUT2D eigenvalue weighted by Crippen LogP contribution is 2.41. The zero-order valence-corrected chi connectivity index (χ0v) is 25.3. The molecule has 236 valence electrons. The lowest BCUT2D eigenvalue weighted by Crippen LogP contribution is -2.21. The Kier molecular flexibility index (Phi) is 7.78. The zero-order valence-electron chi connectivity index (χ0n) is 25.3. The van der Waals surface area contributed by atoms with Crippen LogP contribution in [0.3, 0.4) is 0 Å². The molecule has 1 aliphatic carbocycles. The molecule has 1 saturated carbocycles. The molecule has 0 bridgehead atoms. The topological polar surface area (TPSA) is 152 Å². The number of hydrogen-bond acceptors (Lipinski definition) is 10. The van der Waals surface area contributed by atoms with Crippen LogP contribution >= 0.6 is 0 Å². The van der Waals surface area contributed by atoms with E-state index in [-0.39, 0.29) is 36.3 Å². The van der Waals surface area contributed by atoms with Crippen LogP contribution in [-0.2, 0) is 23.2 Å². The number of fused-ring (bicyclic) bond motifs is 1. The normalized spacial score (nSPS) is 12.6. The van der Waals surface area contributed by atoms with Crippen molar-refractivity contribution >= 4 is 34.3 Å². The number of aromatic nitrogens is 6. The number of anilines is 3. The maximum Gasteiger partial charge on any atom is 0.344 e. The number of rotatable bonds is 10. The highest BCUT2D eigenvalue weighted by molar-refractivity contribution is 5.84. The fourth-order valence-electron chi connectivity index (χ4n) is 5.39. The van der Waals surface area contributed by atoms with Gasteiger partial charge in [-0.3, -0.25) is 14.0 Å². The molecule has 13 heteroatoms. The Labute approximate surface area is 267 Å². The number of aryl methyl sites for hydroxylation is 1. The van der Waals surface area contributed by atoms with E-state index >= 15 is 4.39 Å². The van der Waals surface area contributed by atoms with Gasteiger partial charge < -0.3 is 20.5 Å². The van der Waals surface area contributed by atoms with Gasteiger partial charge in [0.15, 0.2) is 12.4 Å². The molecule has 0 radical (unpaired) electrons. The average molecular weight is 633 g/mol. The first-order chi connectivity index (χ1) is 22.8. The Bertz CT molecular complexity index is 2180. The summed E-state index contributed by atoms with van der Waals surface area (Å²) in [6.45, 7) is -0.628. The molecule has 3 heterocycles. The van der Waals surface area contributed by atoms with E-state index in [1.54, 1.807) is 78.9 Å². The van der Waals surface area contributed by atoms with Crippen LogP contribution in [-0.4, -0.2) is 41.9 Å². The van der Waals surface area contributed by atoms with Crippen LogP contribution in [0.25, 0.3) is 27.8 Å². The second-order valence-electron chi connectivity index (χ2n) is 11.2. The summed E-state index contributed by atoms with van der Waals surface area (Å²) in [4.78, 5) is 39.8. The minimum atomic E-state index is -0.645. The van der Waals surface area contributed by atoms with Crippen LogP contribution in [0, 0.1) is 5.82 Å². The van der Waals surface area contributed by atoms with E-state index in [4.69, 9.17) is 15.2 Å². The van der Waals surface area contributed by atoms with Gasteiger partial charge in [0.25, 0.3) is 5.56 Å². The van der Waals surface area contributed by atoms with Crippen molar-refractivity contribution in [3.63, 3.8) is 0 Å². The Morgan fingerprint density at radius 3 is 2.66 bits per heavy atom. The van der Waals surface area contributed by atoms with Gasteiger partial charge in [-0.25, -0.2) is 9.18 Å². The van der Waals surface area contributed by atoms with E-state index in [9.17, 15) is 9.59 Å². The van der Waals surface area contributed by atoms with Crippen molar-refractivity contribution in [2.45, 2.75) is 25.4 Å². The van der Waals surface area contributed by atoms with Crippen molar-refractivity contribution in [2.24, 2.45) is 7.05 Å². The Morgan fingerprint density at radius 1 is 1.06 bits per heavy atom. The van der Waals surface area contributed by atoms with Crippen LogP contribution < -0.4 is 21.3 Å². The fourth-order valence-corrected chi connectivity index (χ4v) is 5.39. The lowest BCUT2D eigenvalue weighted by Gasteiger charge is -2.17. The number of esters is 1. The van der Waals surface area contributed by atoms with Crippen LogP contribution in [0.5, 0.6) is 5.75 Å². The zero-order chi connectivity index (χ0) is 32.5. The number of pyridine rings is 1. The molecule has 6 aromatic rings. The Hall–Kier alpha value is -6.11. The van der Waals surface area contributed by atoms with Crippen molar-refractivity contribution in [1.29, 1.82) is 0 Å². The van der Waals surface area contributed by atoms with Crippen molar-refractivity contribution in [2.75, 3.05) is 17.7 Å². The van der Waals surface area contributed by atoms with E-state index in [1.807, 2.05) is 12.1 Å². The third-order valence-electron chi connectivity index (χ3n) is 7.77. The quantitative estimate of drug-likeness (QED) is 0.197. The standard InChI is InChI=1S/C34H29FN8O4/c1-42-17-23(16-37-42)38-34-40-31(39-33(36)41-34)25-8-5-9-28(26(25)18-47-29(44)19-46-24-6-3-2-4-7-24)43-13-12-21-14-22(20-10-11-20)15-27(35)30(21)32(43)45/h2-9,12-17,20H,10-11,18-19H2,1H3,(H3,36,38,39,40,41). The molecule has 0 saturated heterocycles. The molecule has 3 aromatic heterocycles. The minimum absolute atomic E-state index is 0.0335. The molecule has 0 atom stereocenters. The third-order valence-corrected chi connectivity index (χ3v) is 7.77. The number of carbonyl (C=O) groups excluding carboxylic acids is 1. The summed E-state index contributed by atoms with van der Waals surface area (Å²) in [5.74, 6) is -0.147. The number of benzene rings is 3. The van der Waals surface area contributed by atoms with E-state index in [0.717, 1.165) is 18.4 Å². The van der Waals surface area contributed by atoms with Gasteiger partial charge in [0.05, 0.1) is 23.0 Å².